The van der Waals surface area contributed by atoms with Gasteiger partial charge >= 0.3 is 0 Å². The first-order valence-corrected chi connectivity index (χ1v) is 21.8. The van der Waals surface area contributed by atoms with E-state index in [-0.39, 0.29) is 0 Å². The molecule has 0 heterocycles. The number of hydrogen-bond acceptors (Lipinski definition) is 3. The molecule has 306 valence electrons. The summed E-state index contributed by atoms with van der Waals surface area (Å²) in [5.74, 6) is 0. The molecule has 0 N–H and O–H groups in total. The number of rotatable bonds is 12. The average Bonchev–Trinajstić information content (AvgIpc) is 3.37. The summed E-state index contributed by atoms with van der Waals surface area (Å²) < 4.78 is 0. The van der Waals surface area contributed by atoms with E-state index < -0.39 is 0 Å². The number of para-hydroxylation sites is 2. The Morgan fingerprint density at radius 2 is 0.344 bits per heavy atom. The highest BCUT2D eigenvalue weighted by Crippen LogP contribution is 2.41. The monoisotopic (exact) mass is 821 g/mol. The lowest BCUT2D eigenvalue weighted by atomic mass is 10.0. The Morgan fingerprint density at radius 1 is 0.172 bits per heavy atom. The summed E-state index contributed by atoms with van der Waals surface area (Å²) in [6, 6.07) is 95.3. The van der Waals surface area contributed by atoms with Gasteiger partial charge in [-0.25, -0.2) is 0 Å². The molecule has 0 saturated carbocycles. The molecule has 10 rings (SSSR count). The molecule has 10 aromatic rings. The van der Waals surface area contributed by atoms with Crippen LogP contribution in [0, 0.1) is 6.92 Å². The lowest BCUT2D eigenvalue weighted by Gasteiger charge is -2.28. The van der Waals surface area contributed by atoms with E-state index in [0.29, 0.717) is 0 Å². The summed E-state index contributed by atoms with van der Waals surface area (Å²) in [7, 11) is 0. The molecule has 0 bridgehead atoms. The maximum atomic E-state index is 2.33. The predicted octanol–water partition coefficient (Wildman–Crippen LogP) is 17.4. The highest BCUT2D eigenvalue weighted by Gasteiger charge is 2.18. The molecule has 3 nitrogen and oxygen atoms in total. The molecule has 0 atom stereocenters. The van der Waals surface area contributed by atoms with Crippen LogP contribution in [0.2, 0.25) is 0 Å². The van der Waals surface area contributed by atoms with Crippen LogP contribution in [0.5, 0.6) is 0 Å². The van der Waals surface area contributed by atoms with Crippen LogP contribution in [-0.2, 0) is 0 Å². The fourth-order valence-corrected chi connectivity index (χ4v) is 8.41. The largest absolute Gasteiger partial charge is 0.311 e. The van der Waals surface area contributed by atoms with Gasteiger partial charge in [-0.1, -0.05) is 163 Å². The van der Waals surface area contributed by atoms with E-state index in [1.54, 1.807) is 0 Å². The van der Waals surface area contributed by atoms with Gasteiger partial charge in [0.2, 0.25) is 0 Å². The van der Waals surface area contributed by atoms with Gasteiger partial charge in [-0.05, 0) is 149 Å². The number of anilines is 9. The van der Waals surface area contributed by atoms with E-state index in [1.165, 1.54) is 27.8 Å². The molecule has 0 fully saturated rings. The van der Waals surface area contributed by atoms with Crippen LogP contribution >= 0.6 is 0 Å². The van der Waals surface area contributed by atoms with Crippen molar-refractivity contribution in [2.45, 2.75) is 6.92 Å². The van der Waals surface area contributed by atoms with Gasteiger partial charge in [0, 0.05) is 51.2 Å². The van der Waals surface area contributed by atoms with Crippen molar-refractivity contribution in [2.75, 3.05) is 14.7 Å². The van der Waals surface area contributed by atoms with Gasteiger partial charge in [-0.15, -0.1) is 0 Å². The van der Waals surface area contributed by atoms with Gasteiger partial charge in [0.25, 0.3) is 0 Å². The minimum atomic E-state index is 1.08. The third-order valence-corrected chi connectivity index (χ3v) is 11.7. The molecule has 0 aliphatic heterocycles. The van der Waals surface area contributed by atoms with Crippen molar-refractivity contribution >= 4 is 51.2 Å². The minimum Gasteiger partial charge on any atom is -0.311 e. The molecule has 0 spiro atoms. The van der Waals surface area contributed by atoms with Crippen LogP contribution in [0.1, 0.15) is 5.56 Å². The van der Waals surface area contributed by atoms with Crippen molar-refractivity contribution in [1.29, 1.82) is 0 Å². The zero-order valence-corrected chi connectivity index (χ0v) is 35.7. The van der Waals surface area contributed by atoms with Crippen LogP contribution < -0.4 is 14.7 Å². The van der Waals surface area contributed by atoms with Crippen molar-refractivity contribution in [3.8, 4) is 33.4 Å². The number of aryl methyl sites for hydroxylation is 1. The first-order chi connectivity index (χ1) is 31.6. The van der Waals surface area contributed by atoms with Crippen molar-refractivity contribution in [2.24, 2.45) is 0 Å². The second-order valence-corrected chi connectivity index (χ2v) is 15.9. The molecule has 64 heavy (non-hydrogen) atoms. The molecule has 10 aromatic carbocycles. The number of benzene rings is 10. The van der Waals surface area contributed by atoms with Gasteiger partial charge in [-0.2, -0.15) is 0 Å². The van der Waals surface area contributed by atoms with E-state index in [1.807, 2.05) is 0 Å². The molecule has 0 saturated heterocycles. The molecule has 0 aliphatic rings. The summed E-state index contributed by atoms with van der Waals surface area (Å²) in [6.07, 6.45) is 0. The fourth-order valence-electron chi connectivity index (χ4n) is 8.41. The lowest BCUT2D eigenvalue weighted by molar-refractivity contribution is 1.25. The van der Waals surface area contributed by atoms with E-state index in [0.717, 1.165) is 62.3 Å². The molecule has 0 radical (unpaired) electrons. The van der Waals surface area contributed by atoms with E-state index in [9.17, 15) is 0 Å². The molecule has 0 unspecified atom stereocenters. The standard InChI is InChI=1S/C61H47N3/c1-46-22-32-55(33-23-46)64(61-44-42-60(43-45-61)63(54-20-12-5-13-21-54)58-36-26-50(27-37-58)48-16-8-3-9-17-48)59-40-30-52(31-41-59)51-28-38-57(39-29-51)62(53-18-10-4-11-19-53)56-34-24-49(25-35-56)47-14-6-2-7-15-47/h2-45H,1H3. The molecular formula is C61H47N3. The second kappa shape index (κ2) is 18.3. The Hall–Kier alpha value is -8.40. The van der Waals surface area contributed by atoms with Crippen LogP contribution in [0.4, 0.5) is 51.2 Å². The molecule has 3 heteroatoms. The zero-order chi connectivity index (χ0) is 43.1. The Balaban J connectivity index is 0.937. The van der Waals surface area contributed by atoms with Crippen LogP contribution in [0.3, 0.4) is 0 Å². The van der Waals surface area contributed by atoms with Gasteiger partial charge in [0.1, 0.15) is 0 Å². The first kappa shape index (κ1) is 39.7. The van der Waals surface area contributed by atoms with Gasteiger partial charge in [-0.3, -0.25) is 0 Å². The summed E-state index contributed by atoms with van der Waals surface area (Å²) in [4.78, 5) is 6.96. The predicted molar refractivity (Wildman–Crippen MR) is 272 cm³/mol. The number of hydrogen-bond donors (Lipinski definition) is 0. The minimum absolute atomic E-state index is 1.08. The molecular weight excluding hydrogens is 775 g/mol. The summed E-state index contributed by atoms with van der Waals surface area (Å²) in [5, 5.41) is 0. The van der Waals surface area contributed by atoms with Gasteiger partial charge in [0.05, 0.1) is 0 Å². The van der Waals surface area contributed by atoms with Crippen LogP contribution in [0.25, 0.3) is 33.4 Å². The average molecular weight is 822 g/mol. The van der Waals surface area contributed by atoms with Crippen molar-refractivity contribution in [3.05, 3.63) is 272 Å². The zero-order valence-electron chi connectivity index (χ0n) is 35.7. The van der Waals surface area contributed by atoms with Crippen LogP contribution in [0.15, 0.2) is 267 Å². The first-order valence-electron chi connectivity index (χ1n) is 21.8. The Labute approximate surface area is 377 Å². The quantitative estimate of drug-likeness (QED) is 0.122. The molecule has 0 amide bonds. The topological polar surface area (TPSA) is 9.72 Å². The van der Waals surface area contributed by atoms with E-state index in [4.69, 9.17) is 0 Å². The van der Waals surface area contributed by atoms with E-state index in [2.05, 4.69) is 289 Å². The normalized spacial score (nSPS) is 10.9. The highest BCUT2D eigenvalue weighted by molar-refractivity contribution is 5.84. The SMILES string of the molecule is Cc1ccc(N(c2ccc(-c3ccc(N(c4ccccc4)c4ccc(-c5ccccc5)cc4)cc3)cc2)c2ccc(N(c3ccccc3)c3ccc(-c4ccccc4)cc3)cc2)cc1. The third-order valence-electron chi connectivity index (χ3n) is 11.7. The summed E-state index contributed by atoms with van der Waals surface area (Å²) in [5.41, 5.74) is 18.2. The Morgan fingerprint density at radius 3 is 0.594 bits per heavy atom. The second-order valence-electron chi connectivity index (χ2n) is 15.9. The van der Waals surface area contributed by atoms with Crippen LogP contribution in [-0.4, -0.2) is 0 Å². The van der Waals surface area contributed by atoms with Gasteiger partial charge in [0.15, 0.2) is 0 Å². The van der Waals surface area contributed by atoms with Crippen molar-refractivity contribution < 1.29 is 0 Å². The lowest BCUT2D eigenvalue weighted by Crippen LogP contribution is -2.12. The third kappa shape index (κ3) is 8.56. The van der Waals surface area contributed by atoms with E-state index >= 15 is 0 Å². The Bertz CT molecular complexity index is 3030. The molecule has 0 aliphatic carbocycles. The van der Waals surface area contributed by atoms with Crippen molar-refractivity contribution in [1.82, 2.24) is 0 Å². The van der Waals surface area contributed by atoms with Gasteiger partial charge < -0.3 is 14.7 Å². The smallest absolute Gasteiger partial charge is 0.0463 e. The fraction of sp³-hybridized carbons (Fsp3) is 0.0164. The maximum absolute atomic E-state index is 2.33. The number of nitrogens with zero attached hydrogens (tertiary/aromatic N) is 3. The van der Waals surface area contributed by atoms with Crippen molar-refractivity contribution in [3.63, 3.8) is 0 Å². The highest BCUT2D eigenvalue weighted by atomic mass is 15.2. The molecule has 0 aromatic heterocycles. The Kier molecular flexibility index (Phi) is 11.4. The summed E-state index contributed by atoms with van der Waals surface area (Å²) in [6.45, 7) is 2.13. The maximum Gasteiger partial charge on any atom is 0.0463 e. The summed E-state index contributed by atoms with van der Waals surface area (Å²) >= 11 is 0.